The molecule has 1 aromatic carbocycles. The van der Waals surface area contributed by atoms with Gasteiger partial charge in [0.2, 0.25) is 5.28 Å². The summed E-state index contributed by atoms with van der Waals surface area (Å²) in [5, 5.41) is 8.04. The molecule has 0 aliphatic heterocycles. The van der Waals surface area contributed by atoms with Crippen molar-refractivity contribution in [2.45, 2.75) is 6.54 Å². The Morgan fingerprint density at radius 1 is 1.12 bits per heavy atom. The molecule has 9 heteroatoms. The zero-order valence-corrected chi connectivity index (χ0v) is 16.0. The third kappa shape index (κ3) is 3.68. The van der Waals surface area contributed by atoms with E-state index in [1.165, 1.54) is 0 Å². The molecule has 0 radical (unpaired) electrons. The molecule has 7 nitrogen and oxygen atoms in total. The monoisotopic (exact) mass is 393 g/mol. The molecule has 0 spiro atoms. The normalized spacial score (nSPS) is 10.7. The van der Waals surface area contributed by atoms with Gasteiger partial charge >= 0.3 is 0 Å². The lowest BCUT2D eigenvalue weighted by atomic mass is 10.1. The Morgan fingerprint density at radius 3 is 2.58 bits per heavy atom. The van der Waals surface area contributed by atoms with E-state index in [1.807, 2.05) is 18.2 Å². The summed E-state index contributed by atoms with van der Waals surface area (Å²) in [5.41, 5.74) is 2.36. The van der Waals surface area contributed by atoms with Gasteiger partial charge in [0.15, 0.2) is 0 Å². The van der Waals surface area contributed by atoms with Crippen molar-refractivity contribution >= 4 is 29.0 Å². The summed E-state index contributed by atoms with van der Waals surface area (Å²) >= 11 is 12.3. The maximum absolute atomic E-state index is 6.30. The molecule has 0 unspecified atom stereocenters. The quantitative estimate of drug-likeness (QED) is 0.641. The number of hydrogen-bond acceptors (Lipinski definition) is 6. The van der Waals surface area contributed by atoms with Gasteiger partial charge in [-0.25, -0.2) is 9.97 Å². The Kier molecular flexibility index (Phi) is 5.49. The van der Waals surface area contributed by atoms with E-state index in [-0.39, 0.29) is 5.28 Å². The van der Waals surface area contributed by atoms with Gasteiger partial charge in [-0.15, -0.1) is 0 Å². The van der Waals surface area contributed by atoms with E-state index >= 15 is 0 Å². The minimum atomic E-state index is 0.137. The van der Waals surface area contributed by atoms with Crippen LogP contribution in [0.1, 0.15) is 5.56 Å². The highest BCUT2D eigenvalue weighted by atomic mass is 35.5. The molecule has 0 saturated carbocycles. The molecule has 26 heavy (non-hydrogen) atoms. The van der Waals surface area contributed by atoms with Gasteiger partial charge < -0.3 is 14.8 Å². The van der Waals surface area contributed by atoms with E-state index in [2.05, 4.69) is 20.4 Å². The maximum atomic E-state index is 6.30. The second-order valence-corrected chi connectivity index (χ2v) is 6.10. The molecule has 0 fully saturated rings. The third-order valence-corrected chi connectivity index (χ3v) is 4.49. The average Bonchev–Trinajstić information content (AvgIpc) is 2.98. The Balaban J connectivity index is 1.91. The van der Waals surface area contributed by atoms with E-state index in [4.69, 9.17) is 32.7 Å². The molecular weight excluding hydrogens is 377 g/mol. The van der Waals surface area contributed by atoms with Crippen molar-refractivity contribution in [3.8, 4) is 22.6 Å². The molecule has 2 aromatic heterocycles. The van der Waals surface area contributed by atoms with Gasteiger partial charge in [0.1, 0.15) is 22.5 Å². The topological polar surface area (TPSA) is 74.1 Å². The summed E-state index contributed by atoms with van der Waals surface area (Å²) in [7, 11) is 4.98. The van der Waals surface area contributed by atoms with Crippen LogP contribution in [0.3, 0.4) is 0 Å². The minimum Gasteiger partial charge on any atom is -0.497 e. The summed E-state index contributed by atoms with van der Waals surface area (Å²) in [6.45, 7) is 0.464. The molecule has 0 bridgehead atoms. The van der Waals surface area contributed by atoms with E-state index in [0.29, 0.717) is 28.8 Å². The van der Waals surface area contributed by atoms with Crippen LogP contribution in [0.2, 0.25) is 10.4 Å². The van der Waals surface area contributed by atoms with E-state index in [1.54, 1.807) is 38.3 Å². The van der Waals surface area contributed by atoms with Crippen LogP contribution in [0.25, 0.3) is 11.1 Å². The fourth-order valence-corrected chi connectivity index (χ4v) is 2.80. The van der Waals surface area contributed by atoms with Gasteiger partial charge in [0, 0.05) is 42.5 Å². The molecule has 0 atom stereocenters. The molecule has 0 saturated heterocycles. The van der Waals surface area contributed by atoms with Crippen molar-refractivity contribution in [1.82, 2.24) is 19.7 Å². The van der Waals surface area contributed by atoms with Crippen molar-refractivity contribution < 1.29 is 9.47 Å². The molecule has 3 aromatic rings. The van der Waals surface area contributed by atoms with Gasteiger partial charge in [-0.3, -0.25) is 4.68 Å². The van der Waals surface area contributed by atoms with Gasteiger partial charge in [0.05, 0.1) is 20.4 Å². The molecule has 0 amide bonds. The van der Waals surface area contributed by atoms with Gasteiger partial charge in [-0.2, -0.15) is 5.10 Å². The Labute approximate surface area is 160 Å². The SMILES string of the molecule is COc1ccc(CNc2nc(Cl)ncc2-c2cnn(C)c2Cl)c(OC)c1. The number of aryl methyl sites for hydroxylation is 1. The summed E-state index contributed by atoms with van der Waals surface area (Å²) in [5.74, 6) is 1.98. The van der Waals surface area contributed by atoms with Crippen LogP contribution >= 0.6 is 23.2 Å². The highest BCUT2D eigenvalue weighted by molar-refractivity contribution is 6.32. The van der Waals surface area contributed by atoms with Crippen molar-refractivity contribution in [2.75, 3.05) is 19.5 Å². The molecule has 3 rings (SSSR count). The van der Waals surface area contributed by atoms with Gasteiger partial charge in [-0.1, -0.05) is 11.6 Å². The fourth-order valence-electron chi connectivity index (χ4n) is 2.47. The number of methoxy groups -OCH3 is 2. The van der Waals surface area contributed by atoms with Gasteiger partial charge in [0.25, 0.3) is 0 Å². The van der Waals surface area contributed by atoms with Crippen LogP contribution in [-0.4, -0.2) is 34.0 Å². The number of aromatic nitrogens is 4. The zero-order chi connectivity index (χ0) is 18.7. The molecule has 2 heterocycles. The number of hydrogen-bond donors (Lipinski definition) is 1. The van der Waals surface area contributed by atoms with Crippen molar-refractivity contribution in [3.05, 3.63) is 46.6 Å². The number of rotatable bonds is 6. The Morgan fingerprint density at radius 2 is 1.92 bits per heavy atom. The van der Waals surface area contributed by atoms with Crippen LogP contribution in [-0.2, 0) is 13.6 Å². The lowest BCUT2D eigenvalue weighted by Gasteiger charge is -2.13. The maximum Gasteiger partial charge on any atom is 0.224 e. The Hall–Kier alpha value is -2.51. The number of benzene rings is 1. The molecule has 136 valence electrons. The summed E-state index contributed by atoms with van der Waals surface area (Å²) in [6.07, 6.45) is 3.28. The van der Waals surface area contributed by atoms with E-state index < -0.39 is 0 Å². The second-order valence-electron chi connectivity index (χ2n) is 5.41. The van der Waals surface area contributed by atoms with Crippen LogP contribution in [0.15, 0.2) is 30.6 Å². The molecule has 0 aliphatic rings. The number of halogens is 2. The largest absolute Gasteiger partial charge is 0.497 e. The molecule has 0 aliphatic carbocycles. The number of nitrogens with one attached hydrogen (secondary N) is 1. The smallest absolute Gasteiger partial charge is 0.224 e. The number of ether oxygens (including phenoxy) is 2. The third-order valence-electron chi connectivity index (χ3n) is 3.86. The van der Waals surface area contributed by atoms with Crippen molar-refractivity contribution in [1.29, 1.82) is 0 Å². The second kappa shape index (κ2) is 7.80. The zero-order valence-electron chi connectivity index (χ0n) is 14.5. The van der Waals surface area contributed by atoms with Crippen LogP contribution in [0.5, 0.6) is 11.5 Å². The van der Waals surface area contributed by atoms with Crippen LogP contribution < -0.4 is 14.8 Å². The first-order valence-electron chi connectivity index (χ1n) is 7.68. The van der Waals surface area contributed by atoms with Crippen LogP contribution in [0, 0.1) is 0 Å². The highest BCUT2D eigenvalue weighted by Crippen LogP contribution is 2.33. The Bertz CT molecular complexity index is 930. The molecule has 1 N–H and O–H groups in total. The van der Waals surface area contributed by atoms with Crippen molar-refractivity contribution in [3.63, 3.8) is 0 Å². The summed E-state index contributed by atoms with van der Waals surface area (Å²) < 4.78 is 12.2. The average molecular weight is 394 g/mol. The van der Waals surface area contributed by atoms with E-state index in [0.717, 1.165) is 16.9 Å². The fraction of sp³-hybridized carbons (Fsp3) is 0.235. The molecular formula is C17H17Cl2N5O2. The van der Waals surface area contributed by atoms with Gasteiger partial charge in [-0.05, 0) is 23.7 Å². The lowest BCUT2D eigenvalue weighted by molar-refractivity contribution is 0.391. The minimum absolute atomic E-state index is 0.137. The van der Waals surface area contributed by atoms with E-state index in [9.17, 15) is 0 Å². The standard InChI is InChI=1S/C17H17Cl2N5O2/c1-24-15(18)12(9-22-24)13-8-21-17(19)23-16(13)20-7-10-4-5-11(25-2)6-14(10)26-3/h4-6,8-9H,7H2,1-3H3,(H,20,21,23). The first kappa shape index (κ1) is 18.3. The first-order chi connectivity index (χ1) is 12.5. The first-order valence-corrected chi connectivity index (χ1v) is 8.44. The number of nitrogens with zero attached hydrogens (tertiary/aromatic N) is 4. The van der Waals surface area contributed by atoms with Crippen LogP contribution in [0.4, 0.5) is 5.82 Å². The predicted octanol–water partition coefficient (Wildman–Crippen LogP) is 3.81. The summed E-state index contributed by atoms with van der Waals surface area (Å²) in [4.78, 5) is 8.34. The van der Waals surface area contributed by atoms with Crippen molar-refractivity contribution in [2.24, 2.45) is 7.05 Å². The predicted molar refractivity (Wildman–Crippen MR) is 101 cm³/mol. The number of anilines is 1. The summed E-state index contributed by atoms with van der Waals surface area (Å²) in [6, 6.07) is 5.61. The highest BCUT2D eigenvalue weighted by Gasteiger charge is 2.15. The lowest BCUT2D eigenvalue weighted by Crippen LogP contribution is -2.05.